The van der Waals surface area contributed by atoms with Crippen molar-refractivity contribution < 1.29 is 0 Å². The van der Waals surface area contributed by atoms with Crippen molar-refractivity contribution in [3.05, 3.63) is 221 Å². The molecule has 1 spiro atoms. The molecule has 1 heteroatoms. The first kappa shape index (κ1) is 34.6. The van der Waals surface area contributed by atoms with Crippen LogP contribution in [0.4, 0.5) is 17.1 Å². The van der Waals surface area contributed by atoms with Crippen LogP contribution in [-0.4, -0.2) is 0 Å². The first-order valence-electron chi connectivity index (χ1n) is 21.6. The van der Waals surface area contributed by atoms with Gasteiger partial charge >= 0.3 is 0 Å². The molecule has 8 aromatic rings. The molecule has 4 aliphatic carbocycles. The van der Waals surface area contributed by atoms with Crippen LogP contribution in [-0.2, 0) is 16.2 Å². The zero-order valence-corrected chi connectivity index (χ0v) is 34.1. The average Bonchev–Trinajstić information content (AvgIpc) is 4.02. The quantitative estimate of drug-likeness (QED) is 0.169. The third-order valence-corrected chi connectivity index (χ3v) is 14.9. The minimum absolute atomic E-state index is 0.0760. The summed E-state index contributed by atoms with van der Waals surface area (Å²) in [5, 5.41) is 0. The van der Waals surface area contributed by atoms with E-state index in [2.05, 4.69) is 208 Å². The molecule has 0 aromatic heterocycles. The van der Waals surface area contributed by atoms with E-state index in [1.807, 2.05) is 0 Å². The Morgan fingerprint density at radius 3 is 1.73 bits per heavy atom. The van der Waals surface area contributed by atoms with Crippen LogP contribution in [0.5, 0.6) is 0 Å². The first-order valence-corrected chi connectivity index (χ1v) is 21.6. The summed E-state index contributed by atoms with van der Waals surface area (Å²) >= 11 is 0. The SMILES string of the molecule is CC1(C)c2ccccc2-c2cccc(-c3ccc(N(c4ccc5c(c4)C4(CCCC4)c4ccccc4-5)c4cccc5c4-c4ccccc4C5(C)c4ccccc4)cc3)c21. The number of nitrogens with zero attached hydrogens (tertiary/aromatic N) is 1. The lowest BCUT2D eigenvalue weighted by Gasteiger charge is -2.32. The van der Waals surface area contributed by atoms with Gasteiger partial charge in [0.1, 0.15) is 0 Å². The fourth-order valence-electron chi connectivity index (χ4n) is 12.2. The molecule has 1 nitrogen and oxygen atoms in total. The third-order valence-electron chi connectivity index (χ3n) is 14.9. The van der Waals surface area contributed by atoms with Crippen molar-refractivity contribution in [3.63, 3.8) is 0 Å². The van der Waals surface area contributed by atoms with E-state index in [0.29, 0.717) is 0 Å². The molecule has 12 rings (SSSR count). The highest BCUT2D eigenvalue weighted by Crippen LogP contribution is 2.60. The van der Waals surface area contributed by atoms with Crippen molar-refractivity contribution in [2.45, 2.75) is 62.7 Å². The second kappa shape index (κ2) is 12.5. The molecular weight excluding hydrogens is 711 g/mol. The highest BCUT2D eigenvalue weighted by Gasteiger charge is 2.46. The van der Waals surface area contributed by atoms with Crippen molar-refractivity contribution in [1.82, 2.24) is 0 Å². The first-order chi connectivity index (χ1) is 28.9. The van der Waals surface area contributed by atoms with Crippen LogP contribution in [0.15, 0.2) is 182 Å². The fourth-order valence-corrected chi connectivity index (χ4v) is 12.2. The fraction of sp³-hybridized carbons (Fsp3) is 0.172. The normalized spacial score (nSPS) is 18.2. The summed E-state index contributed by atoms with van der Waals surface area (Å²) in [5.74, 6) is 0. The number of hydrogen-bond acceptors (Lipinski definition) is 1. The summed E-state index contributed by atoms with van der Waals surface area (Å²) in [6.45, 7) is 7.19. The second-order valence-corrected chi connectivity index (χ2v) is 18.1. The predicted molar refractivity (Wildman–Crippen MR) is 246 cm³/mol. The van der Waals surface area contributed by atoms with E-state index in [1.165, 1.54) is 126 Å². The van der Waals surface area contributed by atoms with E-state index in [-0.39, 0.29) is 16.2 Å². The van der Waals surface area contributed by atoms with Gasteiger partial charge in [-0.25, -0.2) is 0 Å². The Balaban J connectivity index is 1.07. The Morgan fingerprint density at radius 2 is 0.966 bits per heavy atom. The van der Waals surface area contributed by atoms with Gasteiger partial charge in [-0.1, -0.05) is 178 Å². The van der Waals surface area contributed by atoms with Crippen LogP contribution in [0.25, 0.3) is 44.5 Å². The second-order valence-electron chi connectivity index (χ2n) is 18.1. The molecule has 4 aliphatic rings. The maximum atomic E-state index is 2.57. The molecule has 59 heavy (non-hydrogen) atoms. The van der Waals surface area contributed by atoms with Crippen molar-refractivity contribution in [3.8, 4) is 44.5 Å². The van der Waals surface area contributed by atoms with Gasteiger partial charge in [0.05, 0.1) is 5.69 Å². The average molecular weight is 758 g/mol. The van der Waals surface area contributed by atoms with E-state index in [9.17, 15) is 0 Å². The van der Waals surface area contributed by atoms with Gasteiger partial charge in [0.15, 0.2) is 0 Å². The van der Waals surface area contributed by atoms with Crippen molar-refractivity contribution in [2.24, 2.45) is 0 Å². The van der Waals surface area contributed by atoms with Crippen LogP contribution in [0, 0.1) is 0 Å². The molecule has 0 N–H and O–H groups in total. The Morgan fingerprint density at radius 1 is 0.407 bits per heavy atom. The highest BCUT2D eigenvalue weighted by atomic mass is 15.1. The number of benzene rings is 8. The molecule has 8 aromatic carbocycles. The van der Waals surface area contributed by atoms with Gasteiger partial charge in [-0.15, -0.1) is 0 Å². The molecule has 1 unspecified atom stereocenters. The van der Waals surface area contributed by atoms with E-state index >= 15 is 0 Å². The van der Waals surface area contributed by atoms with Gasteiger partial charge in [-0.3, -0.25) is 0 Å². The molecule has 0 amide bonds. The molecule has 1 atom stereocenters. The van der Waals surface area contributed by atoms with Gasteiger partial charge < -0.3 is 4.90 Å². The molecule has 0 aliphatic heterocycles. The molecule has 0 saturated heterocycles. The minimum atomic E-state index is -0.287. The van der Waals surface area contributed by atoms with Crippen LogP contribution in [0.2, 0.25) is 0 Å². The van der Waals surface area contributed by atoms with Crippen LogP contribution < -0.4 is 4.90 Å². The summed E-state index contributed by atoms with van der Waals surface area (Å²) in [5.41, 5.74) is 23.9. The van der Waals surface area contributed by atoms with E-state index in [1.54, 1.807) is 0 Å². The van der Waals surface area contributed by atoms with Crippen LogP contribution >= 0.6 is 0 Å². The van der Waals surface area contributed by atoms with Crippen molar-refractivity contribution in [2.75, 3.05) is 4.90 Å². The molecule has 284 valence electrons. The maximum Gasteiger partial charge on any atom is 0.0543 e. The summed E-state index contributed by atoms with van der Waals surface area (Å²) in [6, 6.07) is 69.1. The molecular formula is C58H47N. The zero-order chi connectivity index (χ0) is 39.5. The van der Waals surface area contributed by atoms with Crippen LogP contribution in [0.1, 0.15) is 85.4 Å². The van der Waals surface area contributed by atoms with Gasteiger partial charge in [0, 0.05) is 33.2 Å². The number of rotatable bonds is 5. The predicted octanol–water partition coefficient (Wildman–Crippen LogP) is 15.3. The Hall–Kier alpha value is -6.44. The van der Waals surface area contributed by atoms with E-state index in [4.69, 9.17) is 0 Å². The molecule has 1 saturated carbocycles. The summed E-state index contributed by atoms with van der Waals surface area (Å²) in [4.78, 5) is 2.57. The van der Waals surface area contributed by atoms with E-state index < -0.39 is 0 Å². The molecule has 0 bridgehead atoms. The minimum Gasteiger partial charge on any atom is -0.310 e. The van der Waals surface area contributed by atoms with Crippen molar-refractivity contribution in [1.29, 1.82) is 0 Å². The Labute approximate surface area is 348 Å². The van der Waals surface area contributed by atoms with Gasteiger partial charge in [-0.05, 0) is 128 Å². The standard InChI is InChI=1S/C58H47N/c1-56(2)48-24-10-7-20-44(48)46-23-15-22-42(55(46)56)38-29-31-40(32-30-38)59(41-33-34-45-43-19-8-12-26-50(43)58(52(45)37-41)35-13-14-36-58)53-28-16-27-51-54(53)47-21-9-11-25-49(47)57(51,3)39-17-5-4-6-18-39/h4-12,15-34,37H,13-14,35-36H2,1-3H3. The maximum absolute atomic E-state index is 2.57. The monoisotopic (exact) mass is 757 g/mol. The Kier molecular flexibility index (Phi) is 7.35. The zero-order valence-electron chi connectivity index (χ0n) is 34.1. The van der Waals surface area contributed by atoms with Gasteiger partial charge in [0.2, 0.25) is 0 Å². The number of fused-ring (bicyclic) bond motifs is 11. The lowest BCUT2D eigenvalue weighted by Crippen LogP contribution is -2.22. The third kappa shape index (κ3) is 4.68. The summed E-state index contributed by atoms with van der Waals surface area (Å²) in [7, 11) is 0. The van der Waals surface area contributed by atoms with Gasteiger partial charge in [0.25, 0.3) is 0 Å². The molecule has 1 fully saturated rings. The number of hydrogen-bond donors (Lipinski definition) is 0. The summed E-state index contributed by atoms with van der Waals surface area (Å²) in [6.07, 6.45) is 4.96. The summed E-state index contributed by atoms with van der Waals surface area (Å²) < 4.78 is 0. The van der Waals surface area contributed by atoms with Crippen LogP contribution in [0.3, 0.4) is 0 Å². The van der Waals surface area contributed by atoms with Crippen molar-refractivity contribution >= 4 is 17.1 Å². The van der Waals surface area contributed by atoms with E-state index in [0.717, 1.165) is 0 Å². The molecule has 0 heterocycles. The molecule has 0 radical (unpaired) electrons. The highest BCUT2D eigenvalue weighted by molar-refractivity contribution is 5.97. The smallest absolute Gasteiger partial charge is 0.0543 e. The topological polar surface area (TPSA) is 3.24 Å². The lowest BCUT2D eigenvalue weighted by atomic mass is 9.74. The number of anilines is 3. The Bertz CT molecular complexity index is 2980. The largest absolute Gasteiger partial charge is 0.310 e. The lowest BCUT2D eigenvalue weighted by molar-refractivity contribution is 0.550. The van der Waals surface area contributed by atoms with Gasteiger partial charge in [-0.2, -0.15) is 0 Å².